The third-order valence-corrected chi connectivity index (χ3v) is 4.80. The van der Waals surface area contributed by atoms with Crippen molar-refractivity contribution < 1.29 is 9.84 Å². The van der Waals surface area contributed by atoms with Gasteiger partial charge in [0.2, 0.25) is 0 Å². The molecule has 1 aromatic rings. The number of aryl methyl sites for hydroxylation is 1. The lowest BCUT2D eigenvalue weighted by molar-refractivity contribution is 0.189. The van der Waals surface area contributed by atoms with Crippen LogP contribution in [0.4, 0.5) is 0 Å². The lowest BCUT2D eigenvalue weighted by atomic mass is 10.0. The first-order valence-corrected chi connectivity index (χ1v) is 8.31. The van der Waals surface area contributed by atoms with Crippen LogP contribution < -0.4 is 4.74 Å². The number of benzene rings is 1. The summed E-state index contributed by atoms with van der Waals surface area (Å²) in [5, 5.41) is 9.97. The number of fused-ring (bicyclic) bond motifs is 1. The number of aliphatic hydroxyl groups is 1. The van der Waals surface area contributed by atoms with Crippen molar-refractivity contribution in [2.75, 3.05) is 18.1 Å². The quantitative estimate of drug-likeness (QED) is 0.831. The molecule has 0 spiro atoms. The molecule has 1 aliphatic heterocycles. The van der Waals surface area contributed by atoms with E-state index in [1.54, 1.807) is 0 Å². The van der Waals surface area contributed by atoms with E-state index in [9.17, 15) is 5.11 Å². The second-order valence-electron chi connectivity index (χ2n) is 5.66. The van der Waals surface area contributed by atoms with E-state index in [0.717, 1.165) is 43.1 Å². The zero-order valence-electron chi connectivity index (χ0n) is 11.9. The molecule has 0 aromatic heterocycles. The molecule has 2 nitrogen and oxygen atoms in total. The molecule has 1 unspecified atom stereocenters. The third-order valence-electron chi connectivity index (χ3n) is 3.28. The minimum absolute atomic E-state index is 0.187. The molecule has 1 atom stereocenters. The van der Waals surface area contributed by atoms with Gasteiger partial charge in [0.15, 0.2) is 0 Å². The fourth-order valence-electron chi connectivity index (χ4n) is 2.25. The molecule has 1 heterocycles. The van der Waals surface area contributed by atoms with Gasteiger partial charge in [-0.15, -0.1) is 0 Å². The van der Waals surface area contributed by atoms with E-state index in [1.165, 1.54) is 11.1 Å². The maximum absolute atomic E-state index is 9.97. The van der Waals surface area contributed by atoms with Crippen LogP contribution in [0.3, 0.4) is 0 Å². The lowest BCUT2D eigenvalue weighted by Crippen LogP contribution is -2.12. The zero-order valence-corrected chi connectivity index (χ0v) is 12.7. The zero-order chi connectivity index (χ0) is 13.7. The van der Waals surface area contributed by atoms with Crippen LogP contribution in [0.1, 0.15) is 31.4 Å². The van der Waals surface area contributed by atoms with E-state index in [0.29, 0.717) is 5.92 Å². The maximum Gasteiger partial charge on any atom is 0.122 e. The Balaban J connectivity index is 1.73. The summed E-state index contributed by atoms with van der Waals surface area (Å²) in [7, 11) is 0. The predicted molar refractivity (Wildman–Crippen MR) is 82.1 cm³/mol. The highest BCUT2D eigenvalue weighted by Gasteiger charge is 2.12. The molecule has 1 aromatic carbocycles. The van der Waals surface area contributed by atoms with Crippen LogP contribution in [-0.4, -0.2) is 29.3 Å². The van der Waals surface area contributed by atoms with E-state index < -0.39 is 0 Å². The van der Waals surface area contributed by atoms with Gasteiger partial charge in [-0.25, -0.2) is 0 Å². The molecule has 0 aliphatic carbocycles. The Morgan fingerprint density at radius 2 is 2.16 bits per heavy atom. The fourth-order valence-corrected chi connectivity index (χ4v) is 3.30. The molecule has 106 valence electrons. The van der Waals surface area contributed by atoms with Gasteiger partial charge in [0, 0.05) is 12.2 Å². The first kappa shape index (κ1) is 14.7. The van der Waals surface area contributed by atoms with Gasteiger partial charge in [0.05, 0.1) is 12.7 Å². The molecule has 1 N–H and O–H groups in total. The first-order valence-electron chi connectivity index (χ1n) is 7.15. The van der Waals surface area contributed by atoms with Crippen molar-refractivity contribution >= 4 is 11.8 Å². The van der Waals surface area contributed by atoms with Gasteiger partial charge in [0.1, 0.15) is 5.75 Å². The summed E-state index contributed by atoms with van der Waals surface area (Å²) in [6, 6.07) is 6.42. The maximum atomic E-state index is 9.97. The highest BCUT2D eigenvalue weighted by atomic mass is 32.2. The van der Waals surface area contributed by atoms with Crippen molar-refractivity contribution in [3.8, 4) is 5.75 Å². The van der Waals surface area contributed by atoms with Crippen molar-refractivity contribution in [3.05, 3.63) is 29.3 Å². The van der Waals surface area contributed by atoms with Crippen molar-refractivity contribution in [2.24, 2.45) is 5.92 Å². The van der Waals surface area contributed by atoms with Gasteiger partial charge < -0.3 is 9.84 Å². The third kappa shape index (κ3) is 4.73. The Kier molecular flexibility index (Phi) is 5.59. The molecule has 3 heteroatoms. The lowest BCUT2D eigenvalue weighted by Gasteiger charge is -2.11. The molecular formula is C16H24O2S. The summed E-state index contributed by atoms with van der Waals surface area (Å²) in [6.07, 6.45) is 2.64. The summed E-state index contributed by atoms with van der Waals surface area (Å²) >= 11 is 1.85. The van der Waals surface area contributed by atoms with Crippen LogP contribution in [0.15, 0.2) is 18.2 Å². The average Bonchev–Trinajstić information content (AvgIpc) is 2.83. The summed E-state index contributed by atoms with van der Waals surface area (Å²) < 4.78 is 5.50. The van der Waals surface area contributed by atoms with Crippen LogP contribution >= 0.6 is 11.8 Å². The largest absolute Gasteiger partial charge is 0.493 e. The monoisotopic (exact) mass is 280 g/mol. The Labute approximate surface area is 120 Å². The van der Waals surface area contributed by atoms with Gasteiger partial charge in [-0.1, -0.05) is 26.0 Å². The number of thioether (sulfide) groups is 1. The summed E-state index contributed by atoms with van der Waals surface area (Å²) in [4.78, 5) is 0. The second-order valence-corrected chi connectivity index (χ2v) is 6.74. The molecule has 0 amide bonds. The predicted octanol–water partition coefficient (Wildman–Crippen LogP) is 3.30. The van der Waals surface area contributed by atoms with Crippen LogP contribution in [0, 0.1) is 5.92 Å². The van der Waals surface area contributed by atoms with Crippen molar-refractivity contribution in [1.82, 2.24) is 0 Å². The Bertz CT molecular complexity index is 404. The molecule has 1 aliphatic rings. The number of rotatable bonds is 7. The van der Waals surface area contributed by atoms with Crippen molar-refractivity contribution in [2.45, 2.75) is 39.2 Å². The molecule has 2 rings (SSSR count). The Morgan fingerprint density at radius 3 is 2.95 bits per heavy atom. The topological polar surface area (TPSA) is 29.5 Å². The highest BCUT2D eigenvalue weighted by Crippen LogP contribution is 2.26. The molecule has 0 radical (unpaired) electrons. The van der Waals surface area contributed by atoms with Crippen molar-refractivity contribution in [3.63, 3.8) is 0 Å². The van der Waals surface area contributed by atoms with E-state index in [-0.39, 0.29) is 6.10 Å². The molecular weight excluding hydrogens is 256 g/mol. The van der Waals surface area contributed by atoms with E-state index >= 15 is 0 Å². The SMILES string of the molecule is CC(C)CSCC(O)CCc1ccc2c(c1)CCO2. The van der Waals surface area contributed by atoms with Gasteiger partial charge >= 0.3 is 0 Å². The fraction of sp³-hybridized carbons (Fsp3) is 0.625. The number of hydrogen-bond donors (Lipinski definition) is 1. The van der Waals surface area contributed by atoms with Gasteiger partial charge in [-0.3, -0.25) is 0 Å². The summed E-state index contributed by atoms with van der Waals surface area (Å²) in [6.45, 7) is 5.24. The summed E-state index contributed by atoms with van der Waals surface area (Å²) in [5.74, 6) is 3.73. The molecule has 0 saturated heterocycles. The second kappa shape index (κ2) is 7.20. The minimum atomic E-state index is -0.187. The van der Waals surface area contributed by atoms with Gasteiger partial charge in [0.25, 0.3) is 0 Å². The minimum Gasteiger partial charge on any atom is -0.493 e. The number of ether oxygens (including phenoxy) is 1. The van der Waals surface area contributed by atoms with E-state index in [1.807, 2.05) is 11.8 Å². The number of hydrogen-bond acceptors (Lipinski definition) is 3. The standard InChI is InChI=1S/C16H24O2S/c1-12(2)10-19-11-15(17)5-3-13-4-6-16-14(9-13)7-8-18-16/h4,6,9,12,15,17H,3,5,7-8,10-11H2,1-2H3. The van der Waals surface area contributed by atoms with E-state index in [2.05, 4.69) is 32.0 Å². The average molecular weight is 280 g/mol. The van der Waals surface area contributed by atoms with Crippen LogP contribution in [0.2, 0.25) is 0 Å². The Morgan fingerprint density at radius 1 is 1.32 bits per heavy atom. The molecule has 19 heavy (non-hydrogen) atoms. The number of aliphatic hydroxyl groups excluding tert-OH is 1. The Hall–Kier alpha value is -0.670. The first-order chi connectivity index (χ1) is 9.15. The summed E-state index contributed by atoms with van der Waals surface area (Å²) in [5.41, 5.74) is 2.64. The van der Waals surface area contributed by atoms with Crippen LogP contribution in [0.25, 0.3) is 0 Å². The molecule has 0 fully saturated rings. The van der Waals surface area contributed by atoms with Gasteiger partial charge in [-0.2, -0.15) is 11.8 Å². The van der Waals surface area contributed by atoms with E-state index in [4.69, 9.17) is 4.74 Å². The van der Waals surface area contributed by atoms with Gasteiger partial charge in [-0.05, 0) is 41.7 Å². The normalized spacial score (nSPS) is 15.4. The smallest absolute Gasteiger partial charge is 0.122 e. The van der Waals surface area contributed by atoms with Crippen molar-refractivity contribution in [1.29, 1.82) is 0 Å². The molecule has 0 bridgehead atoms. The molecule has 0 saturated carbocycles. The van der Waals surface area contributed by atoms with Crippen LogP contribution in [-0.2, 0) is 12.8 Å². The van der Waals surface area contributed by atoms with Crippen LogP contribution in [0.5, 0.6) is 5.75 Å². The highest BCUT2D eigenvalue weighted by molar-refractivity contribution is 7.99.